The normalized spacial score (nSPS) is 11.9. The van der Waals surface area contributed by atoms with Crippen LogP contribution in [0, 0.1) is 0 Å². The molecule has 5 nitrogen and oxygen atoms in total. The molecule has 2 rings (SSSR count). The first kappa shape index (κ1) is 20.3. The largest absolute Gasteiger partial charge is 0.416 e. The van der Waals surface area contributed by atoms with Gasteiger partial charge in [-0.25, -0.2) is 8.42 Å². The SMILES string of the molecule is CNC(=O)c1cc(NS(=O)(=O)c2cc(C(F)(F)F)ccc2Cl)ccc1Cl. The average Bonchev–Trinajstić information content (AvgIpc) is 2.54. The Morgan fingerprint density at radius 3 is 2.23 bits per heavy atom. The van der Waals surface area contributed by atoms with Crippen LogP contribution in [0.15, 0.2) is 41.3 Å². The molecule has 2 aromatic carbocycles. The van der Waals surface area contributed by atoms with Gasteiger partial charge < -0.3 is 5.32 Å². The fraction of sp³-hybridized carbons (Fsp3) is 0.133. The summed E-state index contributed by atoms with van der Waals surface area (Å²) >= 11 is 11.6. The zero-order valence-electron chi connectivity index (χ0n) is 13.0. The molecule has 0 spiro atoms. The van der Waals surface area contributed by atoms with E-state index in [9.17, 15) is 26.4 Å². The third-order valence-corrected chi connectivity index (χ3v) is 5.43. The number of amides is 1. The molecule has 0 saturated heterocycles. The van der Waals surface area contributed by atoms with Gasteiger partial charge in [0.25, 0.3) is 15.9 Å². The topological polar surface area (TPSA) is 75.3 Å². The molecular formula is C15H11Cl2F3N2O3S. The first-order valence-electron chi connectivity index (χ1n) is 6.87. The number of nitrogens with one attached hydrogen (secondary N) is 2. The van der Waals surface area contributed by atoms with E-state index in [1.54, 1.807) is 0 Å². The van der Waals surface area contributed by atoms with Gasteiger partial charge in [-0.3, -0.25) is 9.52 Å². The van der Waals surface area contributed by atoms with E-state index in [0.717, 1.165) is 12.1 Å². The van der Waals surface area contributed by atoms with E-state index >= 15 is 0 Å². The molecule has 0 aliphatic carbocycles. The van der Waals surface area contributed by atoms with Crippen LogP contribution in [0.3, 0.4) is 0 Å². The quantitative estimate of drug-likeness (QED) is 0.769. The van der Waals surface area contributed by atoms with Crippen molar-refractivity contribution in [2.75, 3.05) is 11.8 Å². The molecule has 0 bridgehead atoms. The number of rotatable bonds is 4. The first-order valence-corrected chi connectivity index (χ1v) is 9.11. The number of benzene rings is 2. The highest BCUT2D eigenvalue weighted by Gasteiger charge is 2.32. The van der Waals surface area contributed by atoms with Crippen molar-refractivity contribution >= 4 is 44.8 Å². The lowest BCUT2D eigenvalue weighted by Gasteiger charge is -2.13. The lowest BCUT2D eigenvalue weighted by Crippen LogP contribution is -2.19. The van der Waals surface area contributed by atoms with Crippen molar-refractivity contribution in [3.63, 3.8) is 0 Å². The molecule has 11 heteroatoms. The van der Waals surface area contributed by atoms with Crippen molar-refractivity contribution in [3.05, 3.63) is 57.6 Å². The monoisotopic (exact) mass is 426 g/mol. The molecule has 0 fully saturated rings. The number of sulfonamides is 1. The molecule has 0 atom stereocenters. The van der Waals surface area contributed by atoms with E-state index in [-0.39, 0.29) is 21.3 Å². The van der Waals surface area contributed by atoms with Crippen molar-refractivity contribution in [2.45, 2.75) is 11.1 Å². The second-order valence-electron chi connectivity index (χ2n) is 5.02. The summed E-state index contributed by atoms with van der Waals surface area (Å²) in [6, 6.07) is 5.64. The molecular weight excluding hydrogens is 416 g/mol. The Kier molecular flexibility index (Phi) is 5.74. The maximum atomic E-state index is 12.8. The number of halogens is 5. The van der Waals surface area contributed by atoms with E-state index in [0.29, 0.717) is 12.1 Å². The summed E-state index contributed by atoms with van der Waals surface area (Å²) in [7, 11) is -3.09. The summed E-state index contributed by atoms with van der Waals surface area (Å²) in [5, 5.41) is 2.02. The van der Waals surface area contributed by atoms with Crippen LogP contribution in [0.1, 0.15) is 15.9 Å². The molecule has 0 aliphatic heterocycles. The predicted octanol–water partition coefficient (Wildman–Crippen LogP) is 4.17. The van der Waals surface area contributed by atoms with Gasteiger partial charge in [0, 0.05) is 12.7 Å². The summed E-state index contributed by atoms with van der Waals surface area (Å²) in [6.07, 6.45) is -4.73. The van der Waals surface area contributed by atoms with Crippen LogP contribution in [0.25, 0.3) is 0 Å². The van der Waals surface area contributed by atoms with E-state index in [4.69, 9.17) is 23.2 Å². The van der Waals surface area contributed by atoms with Crippen LogP contribution in [-0.2, 0) is 16.2 Å². The van der Waals surface area contributed by atoms with E-state index in [1.807, 2.05) is 0 Å². The predicted molar refractivity (Wildman–Crippen MR) is 92.1 cm³/mol. The van der Waals surface area contributed by atoms with Crippen LogP contribution >= 0.6 is 23.2 Å². The van der Waals surface area contributed by atoms with Crippen molar-refractivity contribution in [2.24, 2.45) is 0 Å². The fourth-order valence-corrected chi connectivity index (χ4v) is 3.77. The standard InChI is InChI=1S/C15H11Cl2F3N2O3S/c1-21-14(23)10-7-9(3-5-11(10)16)22-26(24,25)13-6-8(15(18,19)20)2-4-12(13)17/h2-7,22H,1H3,(H,21,23). The Hall–Kier alpha value is -1.97. The summed E-state index contributed by atoms with van der Waals surface area (Å²) in [5.41, 5.74) is -1.24. The third kappa shape index (κ3) is 4.40. The van der Waals surface area contributed by atoms with Gasteiger partial charge in [-0.15, -0.1) is 0 Å². The lowest BCUT2D eigenvalue weighted by atomic mass is 10.2. The van der Waals surface area contributed by atoms with Gasteiger partial charge in [0.05, 0.1) is 21.2 Å². The Labute approximate surface area is 157 Å². The second-order valence-corrected chi connectivity index (χ2v) is 7.49. The number of carbonyl (C=O) groups excluding carboxylic acids is 1. The van der Waals surface area contributed by atoms with Gasteiger partial charge in [0.15, 0.2) is 0 Å². The minimum absolute atomic E-state index is 0.00972. The van der Waals surface area contributed by atoms with Crippen molar-refractivity contribution in [3.8, 4) is 0 Å². The molecule has 2 aromatic rings. The van der Waals surface area contributed by atoms with Crippen molar-refractivity contribution in [1.82, 2.24) is 5.32 Å². The van der Waals surface area contributed by atoms with Crippen LogP contribution in [0.4, 0.5) is 18.9 Å². The molecule has 0 radical (unpaired) electrons. The molecule has 0 aromatic heterocycles. The Balaban J connectivity index is 2.46. The van der Waals surface area contributed by atoms with Crippen LogP contribution < -0.4 is 10.0 Å². The Bertz CT molecular complexity index is 963. The highest BCUT2D eigenvalue weighted by Crippen LogP contribution is 2.34. The van der Waals surface area contributed by atoms with E-state index in [1.165, 1.54) is 19.2 Å². The minimum Gasteiger partial charge on any atom is -0.355 e. The van der Waals surface area contributed by atoms with Crippen LogP contribution in [-0.4, -0.2) is 21.4 Å². The Morgan fingerprint density at radius 2 is 1.65 bits per heavy atom. The molecule has 26 heavy (non-hydrogen) atoms. The number of anilines is 1. The fourth-order valence-electron chi connectivity index (χ4n) is 1.99. The average molecular weight is 427 g/mol. The molecule has 0 unspecified atom stereocenters. The number of hydrogen-bond donors (Lipinski definition) is 2. The highest BCUT2D eigenvalue weighted by molar-refractivity contribution is 7.92. The van der Waals surface area contributed by atoms with Gasteiger partial charge >= 0.3 is 6.18 Å². The second kappa shape index (κ2) is 7.34. The molecule has 0 aliphatic rings. The summed E-state index contributed by atoms with van der Waals surface area (Å²) < 4.78 is 65.4. The van der Waals surface area contributed by atoms with Crippen molar-refractivity contribution in [1.29, 1.82) is 0 Å². The van der Waals surface area contributed by atoms with Gasteiger partial charge in [0.1, 0.15) is 4.90 Å². The Morgan fingerprint density at radius 1 is 1.04 bits per heavy atom. The zero-order valence-corrected chi connectivity index (χ0v) is 15.3. The molecule has 0 heterocycles. The summed E-state index contributed by atoms with van der Waals surface area (Å²) in [4.78, 5) is 11.0. The van der Waals surface area contributed by atoms with Gasteiger partial charge in [-0.1, -0.05) is 23.2 Å². The number of alkyl halides is 3. The third-order valence-electron chi connectivity index (χ3n) is 3.24. The van der Waals surface area contributed by atoms with E-state index in [2.05, 4.69) is 10.0 Å². The zero-order chi connectivity index (χ0) is 19.7. The highest BCUT2D eigenvalue weighted by atomic mass is 35.5. The summed E-state index contributed by atoms with van der Waals surface area (Å²) in [6.45, 7) is 0. The van der Waals surface area contributed by atoms with Gasteiger partial charge in [-0.2, -0.15) is 13.2 Å². The molecule has 0 saturated carbocycles. The molecule has 2 N–H and O–H groups in total. The van der Waals surface area contributed by atoms with E-state index < -0.39 is 32.6 Å². The van der Waals surface area contributed by atoms with Crippen molar-refractivity contribution < 1.29 is 26.4 Å². The minimum atomic E-state index is -4.73. The maximum Gasteiger partial charge on any atom is 0.416 e. The number of hydrogen-bond acceptors (Lipinski definition) is 3. The number of carbonyl (C=O) groups is 1. The van der Waals surface area contributed by atoms with Gasteiger partial charge in [0.2, 0.25) is 0 Å². The summed E-state index contributed by atoms with van der Waals surface area (Å²) in [5.74, 6) is -0.562. The smallest absolute Gasteiger partial charge is 0.355 e. The van der Waals surface area contributed by atoms with Crippen LogP contribution in [0.2, 0.25) is 10.0 Å². The first-order chi connectivity index (χ1) is 12.0. The van der Waals surface area contributed by atoms with Crippen LogP contribution in [0.5, 0.6) is 0 Å². The molecule has 140 valence electrons. The molecule has 1 amide bonds. The maximum absolute atomic E-state index is 12.8. The lowest BCUT2D eigenvalue weighted by molar-refractivity contribution is -0.137. The van der Waals surface area contributed by atoms with Gasteiger partial charge in [-0.05, 0) is 36.4 Å².